The second-order valence-electron chi connectivity index (χ2n) is 13.4. The number of β-amino-alcohol motifs (C(OH)–C–C–N with tert-alkyl or cyclic N) is 1. The Bertz CT molecular complexity index is 1700. The topological polar surface area (TPSA) is 156 Å². The maximum Gasteiger partial charge on any atom is 0.323 e. The van der Waals surface area contributed by atoms with Crippen molar-refractivity contribution in [1.82, 2.24) is 24.3 Å². The smallest absolute Gasteiger partial charge is 0.323 e. The number of ether oxygens (including phenoxy) is 2. The molecule has 13 nitrogen and oxygen atoms in total. The van der Waals surface area contributed by atoms with Crippen molar-refractivity contribution >= 4 is 38.6 Å². The highest BCUT2D eigenvalue weighted by molar-refractivity contribution is 7.90. The lowest BCUT2D eigenvalue weighted by molar-refractivity contribution is -0.157. The third-order valence-corrected chi connectivity index (χ3v) is 10.8. The fourth-order valence-corrected chi connectivity index (χ4v) is 7.77. The highest BCUT2D eigenvalue weighted by Crippen LogP contribution is 2.31. The quantitative estimate of drug-likeness (QED) is 0.227. The molecule has 1 unspecified atom stereocenters. The summed E-state index contributed by atoms with van der Waals surface area (Å²) in [6.45, 7) is 1.97. The Hall–Kier alpha value is -3.75. The third kappa shape index (κ3) is 8.27. The van der Waals surface area contributed by atoms with Gasteiger partial charge in [-0.3, -0.25) is 14.5 Å². The average molecular weight is 683 g/mol. The van der Waals surface area contributed by atoms with Crippen molar-refractivity contribution in [3.63, 3.8) is 0 Å². The van der Waals surface area contributed by atoms with E-state index in [1.165, 1.54) is 6.26 Å². The molecule has 260 valence electrons. The number of aromatic nitrogens is 3. The fourth-order valence-electron chi connectivity index (χ4n) is 7.13. The molecule has 2 saturated heterocycles. The number of hydrogen-bond donors (Lipinski definition) is 2. The van der Waals surface area contributed by atoms with Crippen molar-refractivity contribution in [3.8, 4) is 11.6 Å². The lowest BCUT2D eigenvalue weighted by Gasteiger charge is -2.36. The summed E-state index contributed by atoms with van der Waals surface area (Å²) in [6.07, 6.45) is 9.56. The monoisotopic (exact) mass is 682 g/mol. The van der Waals surface area contributed by atoms with Gasteiger partial charge in [0.25, 0.3) is 0 Å². The second-order valence-corrected chi connectivity index (χ2v) is 15.7. The van der Waals surface area contributed by atoms with Gasteiger partial charge in [-0.25, -0.2) is 13.4 Å². The maximum atomic E-state index is 13.4. The predicted molar refractivity (Wildman–Crippen MR) is 181 cm³/mol. The van der Waals surface area contributed by atoms with Gasteiger partial charge in [-0.15, -0.1) is 0 Å². The molecule has 0 radical (unpaired) electrons. The summed E-state index contributed by atoms with van der Waals surface area (Å²) in [5.74, 6) is 1.92. The molecule has 1 aromatic carbocycles. The number of aliphatic hydroxyl groups excluding tert-OH is 1. The van der Waals surface area contributed by atoms with Crippen molar-refractivity contribution in [1.29, 1.82) is 0 Å². The van der Waals surface area contributed by atoms with E-state index in [2.05, 4.69) is 10.3 Å². The third-order valence-electron chi connectivity index (χ3n) is 9.74. The van der Waals surface area contributed by atoms with Gasteiger partial charge in [0.05, 0.1) is 24.0 Å². The normalized spacial score (nSPS) is 24.1. The Morgan fingerprint density at radius 2 is 1.83 bits per heavy atom. The van der Waals surface area contributed by atoms with E-state index in [0.717, 1.165) is 36.6 Å². The molecule has 2 N–H and O–H groups in total. The summed E-state index contributed by atoms with van der Waals surface area (Å²) >= 11 is 0. The molecule has 0 bridgehead atoms. The summed E-state index contributed by atoms with van der Waals surface area (Å²) in [6, 6.07) is 9.35. The van der Waals surface area contributed by atoms with Crippen LogP contribution in [0.3, 0.4) is 0 Å². The van der Waals surface area contributed by atoms with Gasteiger partial charge in [-0.1, -0.05) is 6.07 Å². The Kier molecular flexibility index (Phi) is 10.5. The van der Waals surface area contributed by atoms with Crippen LogP contribution in [0.25, 0.3) is 16.7 Å². The first-order chi connectivity index (χ1) is 23.0. The minimum atomic E-state index is -3.03. The number of likely N-dealkylation sites (tertiary alicyclic amines) is 2. The highest BCUT2D eigenvalue weighted by Gasteiger charge is 2.37. The molecular weight excluding hydrogens is 636 g/mol. The molecule has 48 heavy (non-hydrogen) atoms. The lowest BCUT2D eigenvalue weighted by Crippen LogP contribution is -2.46. The molecule has 4 heterocycles. The molecule has 3 aliphatic rings. The Labute approximate surface area is 281 Å². The molecule has 2 aromatic heterocycles. The van der Waals surface area contributed by atoms with Crippen LogP contribution >= 0.6 is 0 Å². The predicted octanol–water partition coefficient (Wildman–Crippen LogP) is 2.80. The number of fused-ring (bicyclic) bond motifs is 1. The van der Waals surface area contributed by atoms with E-state index in [9.17, 15) is 23.1 Å². The van der Waals surface area contributed by atoms with Crippen molar-refractivity contribution < 1.29 is 32.6 Å². The number of amides is 1. The molecule has 2 atom stereocenters. The summed E-state index contributed by atoms with van der Waals surface area (Å²) in [4.78, 5) is 39.0. The zero-order chi connectivity index (χ0) is 33.8. The number of benzene rings is 1. The van der Waals surface area contributed by atoms with Crippen molar-refractivity contribution in [2.75, 3.05) is 50.6 Å². The Morgan fingerprint density at radius 3 is 2.54 bits per heavy atom. The van der Waals surface area contributed by atoms with E-state index in [4.69, 9.17) is 14.5 Å². The van der Waals surface area contributed by atoms with E-state index < -0.39 is 22.0 Å². The molecule has 3 aromatic rings. The number of nitrogens with zero attached hydrogens (tertiary/aromatic N) is 5. The van der Waals surface area contributed by atoms with Crippen LogP contribution in [0, 0.1) is 5.92 Å². The van der Waals surface area contributed by atoms with Crippen LogP contribution in [-0.4, -0.2) is 119 Å². The zero-order valence-electron chi connectivity index (χ0n) is 27.7. The van der Waals surface area contributed by atoms with Gasteiger partial charge in [0, 0.05) is 74.9 Å². The number of carbonyl (C=O) groups excluding carboxylic acids is 2. The number of likely N-dealkylation sites (N-methyl/N-ethyl adjacent to an activating group) is 1. The molecule has 2 aliphatic heterocycles. The molecule has 3 fully saturated rings. The molecule has 0 spiro atoms. The summed E-state index contributed by atoms with van der Waals surface area (Å²) in [5, 5.41) is 14.2. The van der Waals surface area contributed by atoms with Crippen LogP contribution < -0.4 is 10.1 Å². The number of piperidine rings is 1. The average Bonchev–Trinajstić information content (AvgIpc) is 3.66. The number of nitrogens with one attached hydrogen (secondary N) is 1. The van der Waals surface area contributed by atoms with Gasteiger partial charge < -0.3 is 29.4 Å². The molecule has 1 aliphatic carbocycles. The number of carbonyl (C=O) groups is 2. The van der Waals surface area contributed by atoms with Crippen LogP contribution in [0.15, 0.2) is 42.7 Å². The molecule has 6 rings (SSSR count). The Balaban J connectivity index is 0.975. The van der Waals surface area contributed by atoms with Gasteiger partial charge >= 0.3 is 5.97 Å². The summed E-state index contributed by atoms with van der Waals surface area (Å²) < 4.78 is 36.5. The number of hydrogen-bond acceptors (Lipinski definition) is 11. The second kappa shape index (κ2) is 14.8. The summed E-state index contributed by atoms with van der Waals surface area (Å²) in [7, 11) is -1.20. The van der Waals surface area contributed by atoms with E-state index in [0.29, 0.717) is 69.4 Å². The van der Waals surface area contributed by atoms with E-state index in [1.54, 1.807) is 6.20 Å². The molecule has 1 amide bonds. The molecule has 14 heteroatoms. The first-order valence-electron chi connectivity index (χ1n) is 16.9. The van der Waals surface area contributed by atoms with Crippen LogP contribution in [0.1, 0.15) is 51.4 Å². The number of anilines is 1. The number of aliphatic hydroxyl groups is 1. The number of sulfone groups is 1. The number of rotatable bonds is 11. The van der Waals surface area contributed by atoms with Gasteiger partial charge in [-0.2, -0.15) is 4.98 Å². The molecule has 1 saturated carbocycles. The van der Waals surface area contributed by atoms with Crippen LogP contribution in [-0.2, 0) is 24.2 Å². The van der Waals surface area contributed by atoms with Gasteiger partial charge in [0.15, 0.2) is 0 Å². The van der Waals surface area contributed by atoms with E-state index in [-0.39, 0.29) is 35.7 Å². The lowest BCUT2D eigenvalue weighted by atomic mass is 9.85. The van der Waals surface area contributed by atoms with E-state index >= 15 is 0 Å². The van der Waals surface area contributed by atoms with Crippen LogP contribution in [0.5, 0.6) is 5.75 Å². The van der Waals surface area contributed by atoms with Crippen molar-refractivity contribution in [2.24, 2.45) is 5.92 Å². The van der Waals surface area contributed by atoms with Gasteiger partial charge in [0.1, 0.15) is 33.6 Å². The van der Waals surface area contributed by atoms with Gasteiger partial charge in [0.2, 0.25) is 11.9 Å². The van der Waals surface area contributed by atoms with Crippen LogP contribution in [0.2, 0.25) is 0 Å². The minimum Gasteiger partial charge on any atom is -0.493 e. The van der Waals surface area contributed by atoms with Gasteiger partial charge in [-0.05, 0) is 63.4 Å². The first kappa shape index (κ1) is 34.1. The largest absolute Gasteiger partial charge is 0.493 e. The zero-order valence-corrected chi connectivity index (χ0v) is 28.5. The molecular formula is C34H46N6O7S. The SMILES string of the molecule is CN1C[C@@H](O)CC1C(=O)OC1CCN(C(=O)C2CCC(Nc3nccc(-n4ccc5c(OCCCS(C)(=O)=O)cccc54)n3)CC2)CC1. The van der Waals surface area contributed by atoms with Crippen molar-refractivity contribution in [2.45, 2.75) is 75.7 Å². The number of esters is 1. The highest BCUT2D eigenvalue weighted by atomic mass is 32.2. The fraction of sp³-hybridized carbons (Fsp3) is 0.588. The Morgan fingerprint density at radius 1 is 1.06 bits per heavy atom. The van der Waals surface area contributed by atoms with Crippen LogP contribution in [0.4, 0.5) is 5.95 Å². The van der Waals surface area contributed by atoms with E-state index in [1.807, 2.05) is 57.9 Å². The van der Waals surface area contributed by atoms with Crippen molar-refractivity contribution in [3.05, 3.63) is 42.7 Å². The first-order valence-corrected chi connectivity index (χ1v) is 19.0. The summed E-state index contributed by atoms with van der Waals surface area (Å²) in [5.41, 5.74) is 0.919. The maximum absolute atomic E-state index is 13.4. The standard InChI is InChI=1S/C34H46N6O7S/c1-38-22-25(41)21-29(38)33(43)47-26-12-16-39(17-13-26)32(42)23-7-9-24(10-8-23)36-34-35-15-11-31(37-34)40-18-14-27-28(40)5-3-6-30(27)46-19-4-20-48(2,44)45/h3,5-6,11,14-15,18,23-26,29,41H,4,7-10,12-13,16-17,19-22H2,1-2H3,(H,35,36,37)/t23?,24?,25-,29?/m0/s1. The minimum absolute atomic E-state index is 0.0166.